The fourth-order valence-electron chi connectivity index (χ4n) is 1.89. The van der Waals surface area contributed by atoms with Crippen LogP contribution in [-0.2, 0) is 10.0 Å². The average Bonchev–Trinajstić information content (AvgIpc) is 2.36. The van der Waals surface area contributed by atoms with Crippen molar-refractivity contribution in [1.29, 1.82) is 0 Å². The SMILES string of the molecule is CCC(C)NS(=O)(=O)c1ccc(C(=O)N2CCC2)cc1. The summed E-state index contributed by atoms with van der Waals surface area (Å²) >= 11 is 0. The summed E-state index contributed by atoms with van der Waals surface area (Å²) < 4.78 is 26.7. The van der Waals surface area contributed by atoms with Crippen LogP contribution in [0, 0.1) is 0 Å². The van der Waals surface area contributed by atoms with Crippen molar-refractivity contribution >= 4 is 15.9 Å². The summed E-state index contributed by atoms with van der Waals surface area (Å²) in [6.07, 6.45) is 1.77. The smallest absolute Gasteiger partial charge is 0.253 e. The van der Waals surface area contributed by atoms with Gasteiger partial charge in [-0.05, 0) is 44.0 Å². The van der Waals surface area contributed by atoms with Gasteiger partial charge in [-0.25, -0.2) is 13.1 Å². The Kier molecular flexibility index (Phi) is 4.45. The van der Waals surface area contributed by atoms with E-state index in [1.54, 1.807) is 17.0 Å². The number of carbonyl (C=O) groups excluding carboxylic acids is 1. The molecule has 0 aliphatic carbocycles. The molecule has 5 nitrogen and oxygen atoms in total. The topological polar surface area (TPSA) is 66.5 Å². The van der Waals surface area contributed by atoms with E-state index in [0.29, 0.717) is 5.56 Å². The molecule has 1 atom stereocenters. The van der Waals surface area contributed by atoms with Gasteiger partial charge in [-0.2, -0.15) is 0 Å². The standard InChI is InChI=1S/C14H20N2O3S/c1-3-11(2)15-20(18,19)13-7-5-12(6-8-13)14(17)16-9-4-10-16/h5-8,11,15H,3-4,9-10H2,1-2H3. The van der Waals surface area contributed by atoms with Crippen LogP contribution < -0.4 is 4.72 Å². The van der Waals surface area contributed by atoms with Gasteiger partial charge in [0.05, 0.1) is 4.90 Å². The minimum Gasteiger partial charge on any atom is -0.339 e. The molecule has 1 amide bonds. The number of carbonyl (C=O) groups is 1. The van der Waals surface area contributed by atoms with Crippen molar-refractivity contribution in [3.8, 4) is 0 Å². The molecular formula is C14H20N2O3S. The molecule has 0 saturated carbocycles. The highest BCUT2D eigenvalue weighted by Crippen LogP contribution is 2.16. The summed E-state index contributed by atoms with van der Waals surface area (Å²) in [7, 11) is -3.50. The summed E-state index contributed by atoms with van der Waals surface area (Å²) in [4.78, 5) is 13.9. The fourth-order valence-corrected chi connectivity index (χ4v) is 3.22. The van der Waals surface area contributed by atoms with Gasteiger partial charge in [0.15, 0.2) is 0 Å². The first-order valence-electron chi connectivity index (χ1n) is 6.85. The minimum atomic E-state index is -3.50. The van der Waals surface area contributed by atoms with Gasteiger partial charge in [-0.15, -0.1) is 0 Å². The second kappa shape index (κ2) is 5.93. The van der Waals surface area contributed by atoms with Crippen LogP contribution in [0.1, 0.15) is 37.0 Å². The molecule has 1 aromatic carbocycles. The predicted molar refractivity (Wildman–Crippen MR) is 77.0 cm³/mol. The normalized spacial score (nSPS) is 16.6. The van der Waals surface area contributed by atoms with Gasteiger partial charge in [0.1, 0.15) is 0 Å². The molecule has 1 saturated heterocycles. The third kappa shape index (κ3) is 3.19. The molecule has 6 heteroatoms. The molecule has 1 aliphatic rings. The van der Waals surface area contributed by atoms with E-state index in [9.17, 15) is 13.2 Å². The third-order valence-corrected chi connectivity index (χ3v) is 5.13. The van der Waals surface area contributed by atoms with Gasteiger partial charge in [-0.3, -0.25) is 4.79 Å². The average molecular weight is 296 g/mol. The van der Waals surface area contributed by atoms with Crippen molar-refractivity contribution in [2.24, 2.45) is 0 Å². The van der Waals surface area contributed by atoms with Crippen molar-refractivity contribution in [2.45, 2.75) is 37.6 Å². The van der Waals surface area contributed by atoms with E-state index in [4.69, 9.17) is 0 Å². The Bertz CT molecular complexity index is 577. The lowest BCUT2D eigenvalue weighted by Crippen LogP contribution is -2.42. The Morgan fingerprint density at radius 2 is 1.90 bits per heavy atom. The van der Waals surface area contributed by atoms with Gasteiger partial charge in [0, 0.05) is 24.7 Å². The van der Waals surface area contributed by atoms with Crippen LogP contribution in [-0.4, -0.2) is 38.4 Å². The first-order valence-corrected chi connectivity index (χ1v) is 8.34. The first-order chi connectivity index (χ1) is 9.44. The number of nitrogens with one attached hydrogen (secondary N) is 1. The number of nitrogens with zero attached hydrogens (tertiary/aromatic N) is 1. The maximum absolute atomic E-state index is 12.1. The lowest BCUT2D eigenvalue weighted by molar-refractivity contribution is 0.0651. The third-order valence-electron chi connectivity index (χ3n) is 3.52. The highest BCUT2D eigenvalue weighted by atomic mass is 32.2. The lowest BCUT2D eigenvalue weighted by atomic mass is 10.1. The molecular weight excluding hydrogens is 276 g/mol. The van der Waals surface area contributed by atoms with E-state index in [1.807, 2.05) is 13.8 Å². The molecule has 0 radical (unpaired) electrons. The summed E-state index contributed by atoms with van der Waals surface area (Å²) in [6, 6.07) is 6.01. The van der Waals surface area contributed by atoms with Crippen LogP contribution >= 0.6 is 0 Å². The minimum absolute atomic E-state index is 0.0323. The Labute approximate surface area is 120 Å². The predicted octanol–water partition coefficient (Wildman–Crippen LogP) is 1.61. The van der Waals surface area contributed by atoms with Crippen molar-refractivity contribution in [1.82, 2.24) is 9.62 Å². The zero-order valence-electron chi connectivity index (χ0n) is 11.8. The van der Waals surface area contributed by atoms with Gasteiger partial charge >= 0.3 is 0 Å². The molecule has 20 heavy (non-hydrogen) atoms. The molecule has 1 fully saturated rings. The van der Waals surface area contributed by atoms with Gasteiger partial charge < -0.3 is 4.90 Å². The van der Waals surface area contributed by atoms with E-state index in [2.05, 4.69) is 4.72 Å². The Hall–Kier alpha value is -1.40. The molecule has 0 spiro atoms. The molecule has 1 N–H and O–H groups in total. The lowest BCUT2D eigenvalue weighted by Gasteiger charge is -2.30. The van der Waals surface area contributed by atoms with Crippen LogP contribution in [0.5, 0.6) is 0 Å². The van der Waals surface area contributed by atoms with E-state index in [0.717, 1.165) is 25.9 Å². The van der Waals surface area contributed by atoms with Crippen LogP contribution in [0.4, 0.5) is 0 Å². The zero-order chi connectivity index (χ0) is 14.8. The molecule has 0 bridgehead atoms. The Balaban J connectivity index is 2.13. The molecule has 1 unspecified atom stereocenters. The molecule has 1 aliphatic heterocycles. The second-order valence-corrected chi connectivity index (χ2v) is 6.81. The molecule has 2 rings (SSSR count). The van der Waals surface area contributed by atoms with E-state index < -0.39 is 10.0 Å². The van der Waals surface area contributed by atoms with E-state index in [-0.39, 0.29) is 16.8 Å². The maximum Gasteiger partial charge on any atom is 0.253 e. The van der Waals surface area contributed by atoms with Gasteiger partial charge in [0.2, 0.25) is 10.0 Å². The maximum atomic E-state index is 12.1. The Morgan fingerprint density at radius 1 is 1.30 bits per heavy atom. The van der Waals surface area contributed by atoms with Crippen molar-refractivity contribution in [2.75, 3.05) is 13.1 Å². The second-order valence-electron chi connectivity index (χ2n) is 5.10. The monoisotopic (exact) mass is 296 g/mol. The van der Waals surface area contributed by atoms with Crippen molar-refractivity contribution in [3.63, 3.8) is 0 Å². The van der Waals surface area contributed by atoms with Crippen molar-refractivity contribution in [3.05, 3.63) is 29.8 Å². The number of hydrogen-bond donors (Lipinski definition) is 1. The molecule has 110 valence electrons. The fraction of sp³-hybridized carbons (Fsp3) is 0.500. The summed E-state index contributed by atoms with van der Waals surface area (Å²) in [6.45, 7) is 5.31. The largest absolute Gasteiger partial charge is 0.339 e. The van der Waals surface area contributed by atoms with Gasteiger partial charge in [-0.1, -0.05) is 6.92 Å². The number of rotatable bonds is 5. The van der Waals surface area contributed by atoms with E-state index in [1.165, 1.54) is 12.1 Å². The van der Waals surface area contributed by atoms with Crippen LogP contribution in [0.15, 0.2) is 29.2 Å². The Morgan fingerprint density at radius 3 is 2.35 bits per heavy atom. The first kappa shape index (κ1) is 15.0. The number of benzene rings is 1. The number of amides is 1. The molecule has 0 aromatic heterocycles. The quantitative estimate of drug-likeness (QED) is 0.897. The number of hydrogen-bond acceptors (Lipinski definition) is 3. The summed E-state index contributed by atoms with van der Waals surface area (Å²) in [5, 5.41) is 0. The van der Waals surface area contributed by atoms with Crippen molar-refractivity contribution < 1.29 is 13.2 Å². The van der Waals surface area contributed by atoms with Gasteiger partial charge in [0.25, 0.3) is 5.91 Å². The summed E-state index contributed by atoms with van der Waals surface area (Å²) in [5.41, 5.74) is 0.534. The number of sulfonamides is 1. The van der Waals surface area contributed by atoms with Crippen LogP contribution in [0.25, 0.3) is 0 Å². The molecule has 1 heterocycles. The van der Waals surface area contributed by atoms with Crippen LogP contribution in [0.2, 0.25) is 0 Å². The summed E-state index contributed by atoms with van der Waals surface area (Å²) in [5.74, 6) is -0.0323. The zero-order valence-corrected chi connectivity index (χ0v) is 12.6. The number of likely N-dealkylation sites (tertiary alicyclic amines) is 1. The highest BCUT2D eigenvalue weighted by Gasteiger charge is 2.22. The van der Waals surface area contributed by atoms with E-state index >= 15 is 0 Å². The molecule has 1 aromatic rings. The van der Waals surface area contributed by atoms with Crippen LogP contribution in [0.3, 0.4) is 0 Å². The highest BCUT2D eigenvalue weighted by molar-refractivity contribution is 7.89.